The summed E-state index contributed by atoms with van der Waals surface area (Å²) in [5.74, 6) is 0.720. The molecule has 0 saturated carbocycles. The Morgan fingerprint density at radius 1 is 1.56 bits per heavy atom. The van der Waals surface area contributed by atoms with E-state index in [1.165, 1.54) is 0 Å². The standard InChI is InChI=1S/C13H20IN3O/c1-9(6-16-13(3,4)5)8-17-10(2)15-7-11(14)12(17)18/h7,16H,1,6,8H2,2-5H3. The number of aryl methyl sites for hydroxylation is 1. The van der Waals surface area contributed by atoms with Gasteiger partial charge in [0.05, 0.1) is 3.57 Å². The van der Waals surface area contributed by atoms with Gasteiger partial charge in [-0.1, -0.05) is 6.58 Å². The van der Waals surface area contributed by atoms with Crippen LogP contribution in [0.15, 0.2) is 23.1 Å². The highest BCUT2D eigenvalue weighted by Gasteiger charge is 2.10. The number of hydrogen-bond acceptors (Lipinski definition) is 3. The fourth-order valence-corrected chi connectivity index (χ4v) is 1.84. The van der Waals surface area contributed by atoms with Gasteiger partial charge in [0.15, 0.2) is 0 Å². The van der Waals surface area contributed by atoms with Gasteiger partial charge >= 0.3 is 0 Å². The maximum atomic E-state index is 12.0. The number of halogens is 1. The molecule has 0 aromatic carbocycles. The molecule has 18 heavy (non-hydrogen) atoms. The van der Waals surface area contributed by atoms with Crippen LogP contribution in [0.3, 0.4) is 0 Å². The van der Waals surface area contributed by atoms with Crippen molar-refractivity contribution in [3.05, 3.63) is 38.1 Å². The second-order valence-corrected chi connectivity index (χ2v) is 6.56. The summed E-state index contributed by atoms with van der Waals surface area (Å²) in [6.45, 7) is 13.4. The van der Waals surface area contributed by atoms with Crippen LogP contribution in [0.25, 0.3) is 0 Å². The van der Waals surface area contributed by atoms with Crippen LogP contribution in [-0.2, 0) is 6.54 Å². The van der Waals surface area contributed by atoms with Crippen LogP contribution in [0.1, 0.15) is 26.6 Å². The SMILES string of the molecule is C=C(CNC(C)(C)C)Cn1c(C)ncc(I)c1=O. The lowest BCUT2D eigenvalue weighted by molar-refractivity contribution is 0.439. The van der Waals surface area contributed by atoms with Crippen LogP contribution in [-0.4, -0.2) is 21.6 Å². The predicted molar refractivity (Wildman–Crippen MR) is 82.8 cm³/mol. The number of aromatic nitrogens is 2. The third-order valence-corrected chi connectivity index (χ3v) is 3.20. The van der Waals surface area contributed by atoms with Crippen molar-refractivity contribution in [3.63, 3.8) is 0 Å². The predicted octanol–water partition coefficient (Wildman–Crippen LogP) is 2.10. The third-order valence-electron chi connectivity index (χ3n) is 2.46. The zero-order valence-electron chi connectivity index (χ0n) is 11.4. The topological polar surface area (TPSA) is 46.9 Å². The monoisotopic (exact) mass is 361 g/mol. The smallest absolute Gasteiger partial charge is 0.267 e. The van der Waals surface area contributed by atoms with Crippen molar-refractivity contribution in [2.45, 2.75) is 39.8 Å². The van der Waals surface area contributed by atoms with Gasteiger partial charge in [-0.2, -0.15) is 0 Å². The molecule has 1 rings (SSSR count). The second-order valence-electron chi connectivity index (χ2n) is 5.40. The summed E-state index contributed by atoms with van der Waals surface area (Å²) in [5, 5.41) is 3.36. The fraction of sp³-hybridized carbons (Fsp3) is 0.538. The van der Waals surface area contributed by atoms with Crippen molar-refractivity contribution in [1.29, 1.82) is 0 Å². The van der Waals surface area contributed by atoms with Crippen molar-refractivity contribution < 1.29 is 0 Å². The van der Waals surface area contributed by atoms with Crippen molar-refractivity contribution in [3.8, 4) is 0 Å². The molecule has 0 aliphatic carbocycles. The minimum atomic E-state index is 0.00000803. The van der Waals surface area contributed by atoms with E-state index in [2.05, 4.69) is 37.7 Å². The van der Waals surface area contributed by atoms with Crippen LogP contribution in [0, 0.1) is 10.5 Å². The molecule has 1 aromatic rings. The van der Waals surface area contributed by atoms with E-state index >= 15 is 0 Å². The molecule has 5 heteroatoms. The molecule has 1 N–H and O–H groups in total. The van der Waals surface area contributed by atoms with Gasteiger partial charge in [-0.25, -0.2) is 4.98 Å². The van der Waals surface area contributed by atoms with Crippen LogP contribution in [0.2, 0.25) is 0 Å². The van der Waals surface area contributed by atoms with Crippen LogP contribution in [0.5, 0.6) is 0 Å². The number of rotatable bonds is 4. The van der Waals surface area contributed by atoms with Crippen LogP contribution >= 0.6 is 22.6 Å². The minimum absolute atomic E-state index is 0.00000803. The summed E-state index contributed by atoms with van der Waals surface area (Å²) in [6, 6.07) is 0. The average Bonchev–Trinajstić information content (AvgIpc) is 2.26. The Morgan fingerprint density at radius 3 is 2.72 bits per heavy atom. The quantitative estimate of drug-likeness (QED) is 0.660. The molecule has 0 spiro atoms. The lowest BCUT2D eigenvalue weighted by Gasteiger charge is -2.21. The lowest BCUT2D eigenvalue weighted by atomic mass is 10.1. The van der Waals surface area contributed by atoms with Gasteiger partial charge in [0.2, 0.25) is 0 Å². The molecule has 0 aliphatic heterocycles. The summed E-state index contributed by atoms with van der Waals surface area (Å²) in [4.78, 5) is 16.2. The molecule has 0 bridgehead atoms. The van der Waals surface area contributed by atoms with Crippen molar-refractivity contribution in [1.82, 2.24) is 14.9 Å². The molecule has 100 valence electrons. The van der Waals surface area contributed by atoms with Crippen molar-refractivity contribution in [2.24, 2.45) is 0 Å². The molecule has 0 atom stereocenters. The Hall–Kier alpha value is -0.690. The van der Waals surface area contributed by atoms with Crippen LogP contribution < -0.4 is 10.9 Å². The molecule has 0 radical (unpaired) electrons. The first kappa shape index (κ1) is 15.4. The van der Waals surface area contributed by atoms with E-state index in [1.54, 1.807) is 10.8 Å². The number of nitrogens with zero attached hydrogens (tertiary/aromatic N) is 2. The minimum Gasteiger partial charge on any atom is -0.308 e. The first-order valence-corrected chi connectivity index (χ1v) is 6.92. The van der Waals surface area contributed by atoms with Gasteiger partial charge in [-0.3, -0.25) is 9.36 Å². The molecular weight excluding hydrogens is 341 g/mol. The summed E-state index contributed by atoms with van der Waals surface area (Å²) in [7, 11) is 0. The van der Waals surface area contributed by atoms with Gasteiger partial charge in [-0.05, 0) is 55.9 Å². The highest BCUT2D eigenvalue weighted by atomic mass is 127. The first-order chi connectivity index (χ1) is 8.20. The van der Waals surface area contributed by atoms with E-state index in [4.69, 9.17) is 0 Å². The molecule has 0 unspecified atom stereocenters. The van der Waals surface area contributed by atoms with Gasteiger partial charge in [0.1, 0.15) is 5.82 Å². The molecule has 0 fully saturated rings. The third kappa shape index (κ3) is 4.53. The lowest BCUT2D eigenvalue weighted by Crippen LogP contribution is -2.38. The van der Waals surface area contributed by atoms with Gasteiger partial charge in [-0.15, -0.1) is 0 Å². The molecule has 1 heterocycles. The fourth-order valence-electron chi connectivity index (χ4n) is 1.41. The van der Waals surface area contributed by atoms with E-state index in [-0.39, 0.29) is 11.1 Å². The molecule has 1 aromatic heterocycles. The number of nitrogens with one attached hydrogen (secondary N) is 1. The Balaban J connectivity index is 2.77. The Bertz CT molecular complexity index is 500. The van der Waals surface area contributed by atoms with Gasteiger partial charge in [0, 0.05) is 24.8 Å². The summed E-state index contributed by atoms with van der Waals surface area (Å²) >= 11 is 2.01. The molecule has 4 nitrogen and oxygen atoms in total. The number of hydrogen-bond donors (Lipinski definition) is 1. The maximum Gasteiger partial charge on any atom is 0.267 e. The Morgan fingerprint density at radius 2 is 2.17 bits per heavy atom. The van der Waals surface area contributed by atoms with Crippen molar-refractivity contribution >= 4 is 22.6 Å². The first-order valence-electron chi connectivity index (χ1n) is 5.84. The molecular formula is C13H20IN3O. The maximum absolute atomic E-state index is 12.0. The zero-order chi connectivity index (χ0) is 13.9. The van der Waals surface area contributed by atoms with E-state index in [1.807, 2.05) is 29.5 Å². The van der Waals surface area contributed by atoms with Crippen molar-refractivity contribution in [2.75, 3.05) is 6.54 Å². The largest absolute Gasteiger partial charge is 0.308 e. The van der Waals surface area contributed by atoms with E-state index in [0.717, 1.165) is 11.4 Å². The van der Waals surface area contributed by atoms with E-state index in [9.17, 15) is 4.79 Å². The highest BCUT2D eigenvalue weighted by molar-refractivity contribution is 14.1. The van der Waals surface area contributed by atoms with Crippen LogP contribution in [0.4, 0.5) is 0 Å². The average molecular weight is 361 g/mol. The van der Waals surface area contributed by atoms with Gasteiger partial charge < -0.3 is 5.32 Å². The Kier molecular flexibility index (Phi) is 5.10. The Labute approximate surface area is 122 Å². The van der Waals surface area contributed by atoms with E-state index in [0.29, 0.717) is 16.7 Å². The highest BCUT2D eigenvalue weighted by Crippen LogP contribution is 2.03. The summed E-state index contributed by atoms with van der Waals surface area (Å²) in [5.41, 5.74) is 1.02. The van der Waals surface area contributed by atoms with Gasteiger partial charge in [0.25, 0.3) is 5.56 Å². The zero-order valence-corrected chi connectivity index (χ0v) is 13.5. The molecule has 0 aliphatic rings. The second kappa shape index (κ2) is 5.97. The molecule has 0 amide bonds. The summed E-state index contributed by atoms with van der Waals surface area (Å²) < 4.78 is 2.30. The normalized spacial score (nSPS) is 11.6. The summed E-state index contributed by atoms with van der Waals surface area (Å²) in [6.07, 6.45) is 1.60. The van der Waals surface area contributed by atoms with E-state index < -0.39 is 0 Å². The molecule has 0 saturated heterocycles.